The van der Waals surface area contributed by atoms with Crippen LogP contribution in [0.15, 0.2) is 47.4 Å². The summed E-state index contributed by atoms with van der Waals surface area (Å²) in [6.07, 6.45) is 2.22. The quantitative estimate of drug-likeness (QED) is 0.297. The van der Waals surface area contributed by atoms with Crippen LogP contribution in [0.25, 0.3) is 0 Å². The van der Waals surface area contributed by atoms with E-state index in [4.69, 9.17) is 23.2 Å². The van der Waals surface area contributed by atoms with Gasteiger partial charge in [0.1, 0.15) is 16.8 Å². The standard InChI is InChI=1S/C25H32Cl2FN3O4S/c1-17(2)14-22(31-24(32)11-8-18-6-5-7-19(26)15-18)25(33)29-12-3-4-13-30-36(34,35)23-10-9-20(28)16-21(23)27/h5-7,9-10,15-17,22,30H,3-4,8,11-14H2,1-2H3,(H,29,33)(H,31,32)/t22-/m0/s1. The highest BCUT2D eigenvalue weighted by molar-refractivity contribution is 7.89. The number of sulfonamides is 1. The second-order valence-corrected chi connectivity index (χ2v) is 11.4. The van der Waals surface area contributed by atoms with Crippen LogP contribution in [0, 0.1) is 11.7 Å². The van der Waals surface area contributed by atoms with Gasteiger partial charge in [-0.25, -0.2) is 17.5 Å². The zero-order chi connectivity index (χ0) is 26.7. The monoisotopic (exact) mass is 559 g/mol. The Kier molecular flexibility index (Phi) is 12.1. The van der Waals surface area contributed by atoms with Crippen molar-refractivity contribution in [2.24, 2.45) is 5.92 Å². The van der Waals surface area contributed by atoms with Gasteiger partial charge < -0.3 is 10.6 Å². The fourth-order valence-electron chi connectivity index (χ4n) is 3.48. The molecule has 0 bridgehead atoms. The van der Waals surface area contributed by atoms with Crippen molar-refractivity contribution in [3.8, 4) is 0 Å². The normalized spacial score (nSPS) is 12.4. The van der Waals surface area contributed by atoms with Gasteiger partial charge >= 0.3 is 0 Å². The number of carbonyl (C=O) groups excluding carboxylic acids is 2. The van der Waals surface area contributed by atoms with Crippen LogP contribution in [0.2, 0.25) is 10.0 Å². The smallest absolute Gasteiger partial charge is 0.242 e. The lowest BCUT2D eigenvalue weighted by atomic mass is 10.0. The summed E-state index contributed by atoms with van der Waals surface area (Å²) in [6, 6.07) is 9.72. The second kappa shape index (κ2) is 14.5. The van der Waals surface area contributed by atoms with E-state index >= 15 is 0 Å². The summed E-state index contributed by atoms with van der Waals surface area (Å²) in [5.41, 5.74) is 0.944. The molecule has 0 aliphatic rings. The van der Waals surface area contributed by atoms with Crippen molar-refractivity contribution >= 4 is 45.0 Å². The molecule has 0 saturated heterocycles. The van der Waals surface area contributed by atoms with E-state index in [2.05, 4.69) is 15.4 Å². The zero-order valence-corrected chi connectivity index (χ0v) is 22.6. The van der Waals surface area contributed by atoms with E-state index in [0.29, 0.717) is 37.3 Å². The molecule has 2 aromatic rings. The van der Waals surface area contributed by atoms with Gasteiger partial charge in [0.05, 0.1) is 5.02 Å². The number of benzene rings is 2. The third-order valence-electron chi connectivity index (χ3n) is 5.27. The van der Waals surface area contributed by atoms with Gasteiger partial charge in [-0.3, -0.25) is 9.59 Å². The van der Waals surface area contributed by atoms with Gasteiger partial charge in [-0.15, -0.1) is 0 Å². The lowest BCUT2D eigenvalue weighted by Crippen LogP contribution is -2.47. The molecule has 0 aliphatic heterocycles. The molecule has 11 heteroatoms. The molecule has 0 spiro atoms. The number of aryl methyl sites for hydroxylation is 1. The number of hydrogen-bond donors (Lipinski definition) is 3. The van der Waals surface area contributed by atoms with E-state index < -0.39 is 21.9 Å². The van der Waals surface area contributed by atoms with Crippen molar-refractivity contribution in [3.63, 3.8) is 0 Å². The number of unbranched alkanes of at least 4 members (excludes halogenated alkanes) is 1. The molecule has 36 heavy (non-hydrogen) atoms. The molecule has 2 amide bonds. The lowest BCUT2D eigenvalue weighted by Gasteiger charge is -2.20. The van der Waals surface area contributed by atoms with E-state index in [1.807, 2.05) is 32.0 Å². The summed E-state index contributed by atoms with van der Waals surface area (Å²) in [5.74, 6) is -0.924. The van der Waals surface area contributed by atoms with Gasteiger partial charge in [-0.2, -0.15) is 0 Å². The molecule has 198 valence electrons. The molecule has 0 radical (unpaired) electrons. The van der Waals surface area contributed by atoms with E-state index in [1.54, 1.807) is 6.07 Å². The van der Waals surface area contributed by atoms with Crippen LogP contribution in [-0.2, 0) is 26.0 Å². The summed E-state index contributed by atoms with van der Waals surface area (Å²) in [6.45, 7) is 4.39. The molecule has 3 N–H and O–H groups in total. The molecular weight excluding hydrogens is 528 g/mol. The summed E-state index contributed by atoms with van der Waals surface area (Å²) < 4.78 is 40.2. The van der Waals surface area contributed by atoms with Crippen molar-refractivity contribution in [2.45, 2.75) is 56.9 Å². The summed E-state index contributed by atoms with van der Waals surface area (Å²) in [5, 5.41) is 6.04. The third-order valence-corrected chi connectivity index (χ3v) is 7.45. The van der Waals surface area contributed by atoms with Gasteiger partial charge in [-0.1, -0.05) is 49.2 Å². The molecule has 2 rings (SSSR count). The average molecular weight is 561 g/mol. The van der Waals surface area contributed by atoms with Crippen LogP contribution >= 0.6 is 23.2 Å². The molecule has 2 aromatic carbocycles. The Balaban J connectivity index is 1.75. The molecule has 0 heterocycles. The Bertz CT molecular complexity index is 1150. The lowest BCUT2D eigenvalue weighted by molar-refractivity contribution is -0.129. The van der Waals surface area contributed by atoms with E-state index in [-0.39, 0.29) is 40.6 Å². The van der Waals surface area contributed by atoms with Crippen molar-refractivity contribution < 1.29 is 22.4 Å². The minimum Gasteiger partial charge on any atom is -0.354 e. The zero-order valence-electron chi connectivity index (χ0n) is 20.3. The number of carbonyl (C=O) groups is 2. The first-order valence-electron chi connectivity index (χ1n) is 11.7. The minimum absolute atomic E-state index is 0.127. The average Bonchev–Trinajstić information content (AvgIpc) is 2.79. The Hall–Kier alpha value is -2.20. The SMILES string of the molecule is CC(C)C[C@H](NC(=O)CCc1cccc(Cl)c1)C(=O)NCCCCNS(=O)(=O)c1ccc(F)cc1Cl. The van der Waals surface area contributed by atoms with Crippen molar-refractivity contribution in [1.29, 1.82) is 0 Å². The number of nitrogens with one attached hydrogen (secondary N) is 3. The molecule has 0 saturated carbocycles. The fraction of sp³-hybridized carbons (Fsp3) is 0.440. The van der Waals surface area contributed by atoms with E-state index in [1.165, 1.54) is 0 Å². The van der Waals surface area contributed by atoms with Crippen molar-refractivity contribution in [2.75, 3.05) is 13.1 Å². The first-order valence-corrected chi connectivity index (χ1v) is 14.0. The first kappa shape index (κ1) is 30.0. The predicted molar refractivity (Wildman–Crippen MR) is 140 cm³/mol. The Morgan fingerprint density at radius 2 is 1.75 bits per heavy atom. The molecular formula is C25H32Cl2FN3O4S. The molecule has 1 atom stereocenters. The highest BCUT2D eigenvalue weighted by Crippen LogP contribution is 2.22. The van der Waals surface area contributed by atoms with Crippen LogP contribution in [0.5, 0.6) is 0 Å². The maximum Gasteiger partial charge on any atom is 0.242 e. The maximum atomic E-state index is 13.1. The van der Waals surface area contributed by atoms with Gasteiger partial charge in [0, 0.05) is 24.5 Å². The molecule has 0 fully saturated rings. The third kappa shape index (κ3) is 10.4. The number of halogens is 3. The van der Waals surface area contributed by atoms with Gasteiger partial charge in [0.2, 0.25) is 21.8 Å². The Morgan fingerprint density at radius 3 is 2.42 bits per heavy atom. The fourth-order valence-corrected chi connectivity index (χ4v) is 5.30. The Labute approximate surface area is 222 Å². The predicted octanol–water partition coefficient (Wildman–Crippen LogP) is 4.47. The molecule has 7 nitrogen and oxygen atoms in total. The van der Waals surface area contributed by atoms with Crippen LogP contribution in [-0.4, -0.2) is 39.4 Å². The summed E-state index contributed by atoms with van der Waals surface area (Å²) >= 11 is 11.8. The number of amides is 2. The van der Waals surface area contributed by atoms with Crippen molar-refractivity contribution in [1.82, 2.24) is 15.4 Å². The van der Waals surface area contributed by atoms with Crippen LogP contribution < -0.4 is 15.4 Å². The van der Waals surface area contributed by atoms with E-state index in [0.717, 1.165) is 23.8 Å². The summed E-state index contributed by atoms with van der Waals surface area (Å²) in [4.78, 5) is 24.9. The topological polar surface area (TPSA) is 104 Å². The first-order chi connectivity index (χ1) is 17.0. The summed E-state index contributed by atoms with van der Waals surface area (Å²) in [7, 11) is -3.87. The number of hydrogen-bond acceptors (Lipinski definition) is 4. The van der Waals surface area contributed by atoms with Gasteiger partial charge in [0.25, 0.3) is 0 Å². The van der Waals surface area contributed by atoms with E-state index in [9.17, 15) is 22.4 Å². The Morgan fingerprint density at radius 1 is 1.03 bits per heavy atom. The second-order valence-electron chi connectivity index (χ2n) is 8.85. The molecule has 0 aromatic heterocycles. The highest BCUT2D eigenvalue weighted by atomic mass is 35.5. The highest BCUT2D eigenvalue weighted by Gasteiger charge is 2.22. The minimum atomic E-state index is -3.87. The molecule has 0 unspecified atom stereocenters. The van der Waals surface area contributed by atoms with Crippen LogP contribution in [0.3, 0.4) is 0 Å². The largest absolute Gasteiger partial charge is 0.354 e. The van der Waals surface area contributed by atoms with Crippen LogP contribution in [0.4, 0.5) is 4.39 Å². The van der Waals surface area contributed by atoms with Crippen molar-refractivity contribution in [3.05, 3.63) is 63.9 Å². The van der Waals surface area contributed by atoms with Gasteiger partial charge in [-0.05, 0) is 67.5 Å². The molecule has 0 aliphatic carbocycles. The van der Waals surface area contributed by atoms with Crippen LogP contribution in [0.1, 0.15) is 45.1 Å². The van der Waals surface area contributed by atoms with Gasteiger partial charge in [0.15, 0.2) is 0 Å². The maximum absolute atomic E-state index is 13.1. The number of rotatable bonds is 14.